The van der Waals surface area contributed by atoms with Crippen LogP contribution in [0.25, 0.3) is 0 Å². The third-order valence-electron chi connectivity index (χ3n) is 3.11. The molecule has 0 spiro atoms. The molecule has 0 amide bonds. The summed E-state index contributed by atoms with van der Waals surface area (Å²) in [5.41, 5.74) is -2.50. The van der Waals surface area contributed by atoms with Gasteiger partial charge in [-0.3, -0.25) is 24.0 Å². The summed E-state index contributed by atoms with van der Waals surface area (Å²) in [4.78, 5) is 56.7. The quantitative estimate of drug-likeness (QED) is 0.608. The molecule has 0 aliphatic carbocycles. The van der Waals surface area contributed by atoms with Gasteiger partial charge in [-0.25, -0.2) is 0 Å². The van der Waals surface area contributed by atoms with Gasteiger partial charge in [-0.05, 0) is 27.2 Å². The van der Waals surface area contributed by atoms with Gasteiger partial charge in [0.05, 0.1) is 0 Å². The summed E-state index contributed by atoms with van der Waals surface area (Å²) in [6, 6.07) is 0. The zero-order valence-corrected chi connectivity index (χ0v) is 10.9. The van der Waals surface area contributed by atoms with Crippen LogP contribution < -0.4 is 0 Å². The lowest BCUT2D eigenvalue weighted by molar-refractivity contribution is -0.166. The van der Waals surface area contributed by atoms with Crippen molar-refractivity contribution < 1.29 is 34.2 Å². The fourth-order valence-corrected chi connectivity index (χ4v) is 2.18. The topological polar surface area (TPSA) is 126 Å². The van der Waals surface area contributed by atoms with Crippen molar-refractivity contribution in [3.05, 3.63) is 0 Å². The molecule has 0 aliphatic heterocycles. The maximum Gasteiger partial charge on any atom is 0.325 e. The number of aliphatic carboxylic acids is 2. The Balaban J connectivity index is 5.82. The van der Waals surface area contributed by atoms with Gasteiger partial charge in [-0.15, -0.1) is 0 Å². The first-order valence-corrected chi connectivity index (χ1v) is 5.56. The zero-order chi connectivity index (χ0) is 15.4. The fraction of sp³-hybridized carbons (Fsp3) is 0.583. The summed E-state index contributed by atoms with van der Waals surface area (Å²) in [7, 11) is 0. The minimum absolute atomic E-state index is 0.379. The molecule has 0 saturated carbocycles. The third kappa shape index (κ3) is 3.24. The van der Waals surface area contributed by atoms with Crippen LogP contribution in [0.5, 0.6) is 0 Å². The van der Waals surface area contributed by atoms with Crippen LogP contribution in [0.15, 0.2) is 0 Å². The molecule has 1 unspecified atom stereocenters. The standard InChI is InChI=1S/C12H16O7/c1-6(13)9(4-5-10(16)17)12(7(2)14,8(3)15)11(18)19/h9H,4-5H2,1-3H3,(H,16,17)(H,18,19). The van der Waals surface area contributed by atoms with E-state index in [-0.39, 0.29) is 6.42 Å². The summed E-state index contributed by atoms with van der Waals surface area (Å²) >= 11 is 0. The lowest BCUT2D eigenvalue weighted by Crippen LogP contribution is -2.52. The number of carboxylic acid groups (broad SMARTS) is 2. The monoisotopic (exact) mass is 272 g/mol. The molecule has 0 aromatic heterocycles. The van der Waals surface area contributed by atoms with E-state index in [1.807, 2.05) is 0 Å². The van der Waals surface area contributed by atoms with Gasteiger partial charge in [0.25, 0.3) is 0 Å². The van der Waals surface area contributed by atoms with Crippen molar-refractivity contribution in [2.75, 3.05) is 0 Å². The van der Waals surface area contributed by atoms with Crippen molar-refractivity contribution in [3.63, 3.8) is 0 Å². The molecule has 0 bridgehead atoms. The molecule has 0 aliphatic rings. The zero-order valence-electron chi connectivity index (χ0n) is 10.9. The molecule has 0 radical (unpaired) electrons. The molecule has 2 N–H and O–H groups in total. The first kappa shape index (κ1) is 16.9. The first-order chi connectivity index (χ1) is 8.58. The molecular weight excluding hydrogens is 256 g/mol. The van der Waals surface area contributed by atoms with Gasteiger partial charge < -0.3 is 10.2 Å². The molecule has 7 heteroatoms. The van der Waals surface area contributed by atoms with Crippen LogP contribution in [-0.2, 0) is 24.0 Å². The highest BCUT2D eigenvalue weighted by Gasteiger charge is 2.56. The summed E-state index contributed by atoms with van der Waals surface area (Å²) in [6.07, 6.45) is -0.879. The molecule has 0 rings (SSSR count). The number of hydrogen-bond donors (Lipinski definition) is 2. The number of carboxylic acids is 2. The predicted octanol–water partition coefficient (Wildman–Crippen LogP) is 0.305. The van der Waals surface area contributed by atoms with Crippen LogP contribution in [0.2, 0.25) is 0 Å². The number of carbonyl (C=O) groups is 5. The number of ketones is 3. The normalized spacial score (nSPS) is 12.6. The summed E-state index contributed by atoms with van der Waals surface area (Å²) in [6.45, 7) is 2.86. The summed E-state index contributed by atoms with van der Waals surface area (Å²) in [5, 5.41) is 17.8. The van der Waals surface area contributed by atoms with Gasteiger partial charge in [0.1, 0.15) is 5.78 Å². The molecule has 0 aromatic rings. The van der Waals surface area contributed by atoms with Gasteiger partial charge in [-0.2, -0.15) is 0 Å². The van der Waals surface area contributed by atoms with Gasteiger partial charge in [-0.1, -0.05) is 0 Å². The first-order valence-electron chi connectivity index (χ1n) is 5.56. The maximum absolute atomic E-state index is 11.6. The number of carbonyl (C=O) groups excluding carboxylic acids is 3. The minimum atomic E-state index is -2.50. The second kappa shape index (κ2) is 6.21. The van der Waals surface area contributed by atoms with Gasteiger partial charge in [0, 0.05) is 12.3 Å². The molecule has 19 heavy (non-hydrogen) atoms. The van der Waals surface area contributed by atoms with Gasteiger partial charge >= 0.3 is 11.9 Å². The lowest BCUT2D eigenvalue weighted by Gasteiger charge is -2.30. The van der Waals surface area contributed by atoms with E-state index in [1.165, 1.54) is 0 Å². The van der Waals surface area contributed by atoms with Crippen molar-refractivity contribution in [3.8, 4) is 0 Å². The van der Waals surface area contributed by atoms with Crippen LogP contribution in [0, 0.1) is 11.3 Å². The Hall–Kier alpha value is -2.05. The van der Waals surface area contributed by atoms with Gasteiger partial charge in [0.2, 0.25) is 0 Å². The highest BCUT2D eigenvalue weighted by Crippen LogP contribution is 2.35. The Morgan fingerprint density at radius 1 is 0.947 bits per heavy atom. The molecule has 106 valence electrons. The summed E-state index contributed by atoms with van der Waals surface area (Å²) in [5.74, 6) is -7.09. The summed E-state index contributed by atoms with van der Waals surface area (Å²) < 4.78 is 0. The Morgan fingerprint density at radius 3 is 1.58 bits per heavy atom. The molecule has 0 saturated heterocycles. The second-order valence-corrected chi connectivity index (χ2v) is 4.32. The Bertz CT molecular complexity index is 399. The van der Waals surface area contributed by atoms with E-state index in [4.69, 9.17) is 5.11 Å². The molecular formula is C12H16O7. The molecule has 0 fully saturated rings. The molecule has 0 aromatic carbocycles. The Morgan fingerprint density at radius 2 is 1.37 bits per heavy atom. The largest absolute Gasteiger partial charge is 0.481 e. The van der Waals surface area contributed by atoms with Crippen LogP contribution in [0.3, 0.4) is 0 Å². The van der Waals surface area contributed by atoms with Crippen LogP contribution in [0.4, 0.5) is 0 Å². The van der Waals surface area contributed by atoms with Crippen LogP contribution >= 0.6 is 0 Å². The van der Waals surface area contributed by atoms with Crippen molar-refractivity contribution in [1.82, 2.24) is 0 Å². The average Bonchev–Trinajstić information content (AvgIpc) is 2.20. The lowest BCUT2D eigenvalue weighted by atomic mass is 9.66. The number of Topliss-reactive ketones (excluding diaryl/α,β-unsaturated/α-hetero) is 3. The highest BCUT2D eigenvalue weighted by atomic mass is 16.4. The van der Waals surface area contributed by atoms with Crippen molar-refractivity contribution in [2.45, 2.75) is 33.6 Å². The van der Waals surface area contributed by atoms with E-state index in [1.54, 1.807) is 0 Å². The SMILES string of the molecule is CC(=O)C(CCC(=O)O)C(C(C)=O)(C(C)=O)C(=O)O. The van der Waals surface area contributed by atoms with E-state index in [0.717, 1.165) is 20.8 Å². The maximum atomic E-state index is 11.6. The van der Waals surface area contributed by atoms with Crippen molar-refractivity contribution in [2.24, 2.45) is 11.3 Å². The van der Waals surface area contributed by atoms with Gasteiger partial charge in [0.15, 0.2) is 17.0 Å². The number of hydrogen-bond acceptors (Lipinski definition) is 5. The van der Waals surface area contributed by atoms with Crippen LogP contribution in [0.1, 0.15) is 33.6 Å². The van der Waals surface area contributed by atoms with E-state index in [2.05, 4.69) is 0 Å². The Labute approximate surface area is 109 Å². The molecule has 1 atom stereocenters. The van der Waals surface area contributed by atoms with Crippen LogP contribution in [-0.4, -0.2) is 39.5 Å². The minimum Gasteiger partial charge on any atom is -0.481 e. The smallest absolute Gasteiger partial charge is 0.325 e. The Kier molecular flexibility index (Phi) is 5.54. The predicted molar refractivity (Wildman–Crippen MR) is 62.5 cm³/mol. The van der Waals surface area contributed by atoms with E-state index < -0.39 is 47.0 Å². The second-order valence-electron chi connectivity index (χ2n) is 4.32. The van der Waals surface area contributed by atoms with E-state index >= 15 is 0 Å². The third-order valence-corrected chi connectivity index (χ3v) is 3.11. The molecule has 7 nitrogen and oxygen atoms in total. The average molecular weight is 272 g/mol. The highest BCUT2D eigenvalue weighted by molar-refractivity contribution is 6.23. The number of rotatable bonds is 8. The van der Waals surface area contributed by atoms with Crippen molar-refractivity contribution >= 4 is 29.3 Å². The van der Waals surface area contributed by atoms with E-state index in [0.29, 0.717) is 0 Å². The fourth-order valence-electron chi connectivity index (χ4n) is 2.18. The molecule has 0 heterocycles. The van der Waals surface area contributed by atoms with E-state index in [9.17, 15) is 29.1 Å². The van der Waals surface area contributed by atoms with Crippen molar-refractivity contribution in [1.29, 1.82) is 0 Å².